The Balaban J connectivity index is 2.13. The molecule has 1 N–H and O–H groups in total. The fourth-order valence-electron chi connectivity index (χ4n) is 2.93. The molecule has 0 radical (unpaired) electrons. The first kappa shape index (κ1) is 14.6. The van der Waals surface area contributed by atoms with Gasteiger partial charge in [0.1, 0.15) is 0 Å². The highest BCUT2D eigenvalue weighted by Crippen LogP contribution is 2.28. The first-order chi connectivity index (χ1) is 9.54. The SMILES string of the molecule is CCC(C(=O)N1C[C@@H](C)[C@H](C(=O)O)C1)c1ccccc1. The fraction of sp³-hybridized carbons (Fsp3) is 0.500. The van der Waals surface area contributed by atoms with Gasteiger partial charge in [-0.3, -0.25) is 9.59 Å². The summed E-state index contributed by atoms with van der Waals surface area (Å²) in [5.41, 5.74) is 1.01. The molecule has 4 heteroatoms. The van der Waals surface area contributed by atoms with Crippen molar-refractivity contribution in [1.82, 2.24) is 4.90 Å². The van der Waals surface area contributed by atoms with Crippen molar-refractivity contribution >= 4 is 11.9 Å². The number of benzene rings is 1. The van der Waals surface area contributed by atoms with Crippen LogP contribution in [0.25, 0.3) is 0 Å². The van der Waals surface area contributed by atoms with Crippen molar-refractivity contribution in [3.8, 4) is 0 Å². The molecule has 0 aliphatic carbocycles. The molecule has 1 saturated heterocycles. The molecular weight excluding hydrogens is 254 g/mol. The number of carbonyl (C=O) groups excluding carboxylic acids is 1. The van der Waals surface area contributed by atoms with E-state index in [0.29, 0.717) is 13.1 Å². The Hall–Kier alpha value is -1.84. The molecule has 1 amide bonds. The number of carbonyl (C=O) groups is 2. The normalized spacial score (nSPS) is 23.6. The molecule has 3 atom stereocenters. The lowest BCUT2D eigenvalue weighted by Crippen LogP contribution is -2.34. The van der Waals surface area contributed by atoms with E-state index in [1.54, 1.807) is 4.90 Å². The van der Waals surface area contributed by atoms with Crippen molar-refractivity contribution in [1.29, 1.82) is 0 Å². The molecule has 1 heterocycles. The Morgan fingerprint density at radius 3 is 2.45 bits per heavy atom. The van der Waals surface area contributed by atoms with Gasteiger partial charge >= 0.3 is 5.97 Å². The zero-order valence-electron chi connectivity index (χ0n) is 12.0. The summed E-state index contributed by atoms with van der Waals surface area (Å²) in [7, 11) is 0. The number of likely N-dealkylation sites (tertiary alicyclic amines) is 1. The van der Waals surface area contributed by atoms with Gasteiger partial charge in [-0.25, -0.2) is 0 Å². The standard InChI is InChI=1S/C16H21NO3/c1-3-13(12-7-5-4-6-8-12)15(18)17-9-11(2)14(10-17)16(19)20/h4-8,11,13-14H,3,9-10H2,1-2H3,(H,19,20)/t11-,13?,14-/m1/s1. The van der Waals surface area contributed by atoms with E-state index < -0.39 is 11.9 Å². The van der Waals surface area contributed by atoms with Crippen molar-refractivity contribution in [2.75, 3.05) is 13.1 Å². The number of hydrogen-bond donors (Lipinski definition) is 1. The largest absolute Gasteiger partial charge is 0.481 e. The summed E-state index contributed by atoms with van der Waals surface area (Å²) in [6, 6.07) is 9.70. The zero-order valence-corrected chi connectivity index (χ0v) is 12.0. The summed E-state index contributed by atoms with van der Waals surface area (Å²) in [4.78, 5) is 25.5. The highest BCUT2D eigenvalue weighted by Gasteiger charge is 2.38. The molecule has 0 spiro atoms. The average molecular weight is 275 g/mol. The van der Waals surface area contributed by atoms with Crippen LogP contribution in [0.3, 0.4) is 0 Å². The van der Waals surface area contributed by atoms with E-state index in [9.17, 15) is 9.59 Å². The third-order valence-corrected chi connectivity index (χ3v) is 4.15. The van der Waals surface area contributed by atoms with Crippen LogP contribution in [0.5, 0.6) is 0 Å². The van der Waals surface area contributed by atoms with Crippen molar-refractivity contribution in [2.45, 2.75) is 26.2 Å². The minimum Gasteiger partial charge on any atom is -0.481 e. The molecule has 0 saturated carbocycles. The van der Waals surface area contributed by atoms with Gasteiger partial charge in [0.05, 0.1) is 11.8 Å². The Morgan fingerprint density at radius 1 is 1.30 bits per heavy atom. The van der Waals surface area contributed by atoms with E-state index in [4.69, 9.17) is 5.11 Å². The van der Waals surface area contributed by atoms with Gasteiger partial charge in [0, 0.05) is 13.1 Å². The minimum atomic E-state index is -0.805. The second-order valence-corrected chi connectivity index (χ2v) is 5.54. The quantitative estimate of drug-likeness (QED) is 0.917. The Bertz CT molecular complexity index is 486. The number of hydrogen-bond acceptors (Lipinski definition) is 2. The maximum absolute atomic E-state index is 12.6. The number of carboxylic acids is 1. The van der Waals surface area contributed by atoms with E-state index in [2.05, 4.69) is 0 Å². The maximum atomic E-state index is 12.6. The summed E-state index contributed by atoms with van der Waals surface area (Å²) in [6.45, 7) is 4.76. The highest BCUT2D eigenvalue weighted by atomic mass is 16.4. The maximum Gasteiger partial charge on any atom is 0.308 e. The zero-order chi connectivity index (χ0) is 14.7. The molecule has 108 valence electrons. The van der Waals surface area contributed by atoms with Gasteiger partial charge in [0.25, 0.3) is 0 Å². The molecule has 1 fully saturated rings. The smallest absolute Gasteiger partial charge is 0.308 e. The van der Waals surface area contributed by atoms with Gasteiger partial charge in [-0.1, -0.05) is 44.2 Å². The average Bonchev–Trinajstić information content (AvgIpc) is 2.83. The van der Waals surface area contributed by atoms with Gasteiger partial charge in [0.2, 0.25) is 5.91 Å². The van der Waals surface area contributed by atoms with Gasteiger partial charge in [-0.15, -0.1) is 0 Å². The second-order valence-electron chi connectivity index (χ2n) is 5.54. The van der Waals surface area contributed by atoms with Crippen LogP contribution in [-0.4, -0.2) is 35.0 Å². The van der Waals surface area contributed by atoms with Crippen molar-refractivity contribution < 1.29 is 14.7 Å². The number of amides is 1. The van der Waals surface area contributed by atoms with Crippen LogP contribution in [0.1, 0.15) is 31.7 Å². The van der Waals surface area contributed by atoms with Gasteiger partial charge in [0.15, 0.2) is 0 Å². The first-order valence-electron chi connectivity index (χ1n) is 7.11. The van der Waals surface area contributed by atoms with Crippen LogP contribution in [0.4, 0.5) is 0 Å². The summed E-state index contributed by atoms with van der Waals surface area (Å²) >= 11 is 0. The molecule has 1 aromatic rings. The molecule has 1 unspecified atom stereocenters. The number of aliphatic carboxylic acids is 1. The predicted molar refractivity (Wildman–Crippen MR) is 76.3 cm³/mol. The third kappa shape index (κ3) is 2.84. The summed E-state index contributed by atoms with van der Waals surface area (Å²) in [6.07, 6.45) is 0.728. The Morgan fingerprint density at radius 2 is 1.95 bits per heavy atom. The van der Waals surface area contributed by atoms with Crippen LogP contribution in [-0.2, 0) is 9.59 Å². The van der Waals surface area contributed by atoms with E-state index >= 15 is 0 Å². The van der Waals surface area contributed by atoms with E-state index in [1.165, 1.54) is 0 Å². The third-order valence-electron chi connectivity index (χ3n) is 4.15. The lowest BCUT2D eigenvalue weighted by Gasteiger charge is -2.23. The van der Waals surface area contributed by atoms with Crippen LogP contribution >= 0.6 is 0 Å². The van der Waals surface area contributed by atoms with Gasteiger partial charge in [-0.2, -0.15) is 0 Å². The molecule has 0 bridgehead atoms. The molecule has 1 aromatic carbocycles. The first-order valence-corrected chi connectivity index (χ1v) is 7.11. The van der Waals surface area contributed by atoms with E-state index in [0.717, 1.165) is 12.0 Å². The van der Waals surface area contributed by atoms with Gasteiger partial charge in [-0.05, 0) is 17.9 Å². The van der Waals surface area contributed by atoms with Crippen LogP contribution < -0.4 is 0 Å². The molecule has 4 nitrogen and oxygen atoms in total. The number of rotatable bonds is 4. The van der Waals surface area contributed by atoms with E-state index in [1.807, 2.05) is 44.2 Å². The molecule has 2 rings (SSSR count). The Labute approximate surface area is 119 Å². The monoisotopic (exact) mass is 275 g/mol. The van der Waals surface area contributed by atoms with Crippen LogP contribution in [0, 0.1) is 11.8 Å². The summed E-state index contributed by atoms with van der Waals surface area (Å²) in [5.74, 6) is -1.34. The highest BCUT2D eigenvalue weighted by molar-refractivity contribution is 5.85. The van der Waals surface area contributed by atoms with Crippen molar-refractivity contribution in [3.63, 3.8) is 0 Å². The van der Waals surface area contributed by atoms with Crippen LogP contribution in [0.15, 0.2) is 30.3 Å². The molecule has 1 aliphatic heterocycles. The molecule has 1 aliphatic rings. The fourth-order valence-corrected chi connectivity index (χ4v) is 2.93. The summed E-state index contributed by atoms with van der Waals surface area (Å²) in [5, 5.41) is 9.16. The topological polar surface area (TPSA) is 57.6 Å². The molecular formula is C16H21NO3. The lowest BCUT2D eigenvalue weighted by atomic mass is 9.95. The summed E-state index contributed by atoms with van der Waals surface area (Å²) < 4.78 is 0. The van der Waals surface area contributed by atoms with Crippen LogP contribution in [0.2, 0.25) is 0 Å². The van der Waals surface area contributed by atoms with Crippen molar-refractivity contribution in [3.05, 3.63) is 35.9 Å². The Kier molecular flexibility index (Phi) is 4.42. The predicted octanol–water partition coefficient (Wildman–Crippen LogP) is 2.36. The number of carboxylic acid groups (broad SMARTS) is 1. The second kappa shape index (κ2) is 6.07. The minimum absolute atomic E-state index is 0.0183. The number of nitrogens with zero attached hydrogens (tertiary/aromatic N) is 1. The lowest BCUT2D eigenvalue weighted by molar-refractivity contribution is -0.142. The van der Waals surface area contributed by atoms with E-state index in [-0.39, 0.29) is 17.7 Å². The molecule has 20 heavy (non-hydrogen) atoms. The van der Waals surface area contributed by atoms with Crippen molar-refractivity contribution in [2.24, 2.45) is 11.8 Å². The van der Waals surface area contributed by atoms with Gasteiger partial charge < -0.3 is 10.0 Å². The molecule has 0 aromatic heterocycles.